The quantitative estimate of drug-likeness (QED) is 0.168. The highest BCUT2D eigenvalue weighted by Crippen LogP contribution is 2.49. The van der Waals surface area contributed by atoms with Gasteiger partial charge in [-0.3, -0.25) is 9.69 Å². The predicted octanol–water partition coefficient (Wildman–Crippen LogP) is 7.92. The van der Waals surface area contributed by atoms with Crippen molar-refractivity contribution in [3.8, 4) is 10.4 Å². The minimum absolute atomic E-state index is 0. The molecule has 218 valence electrons. The van der Waals surface area contributed by atoms with E-state index in [0.717, 1.165) is 52.5 Å². The molecule has 6 rings (SSSR count). The molecule has 1 aromatic heterocycles. The van der Waals surface area contributed by atoms with E-state index in [1.54, 1.807) is 11.3 Å². The van der Waals surface area contributed by atoms with Crippen LogP contribution in [-0.2, 0) is 11.2 Å². The minimum atomic E-state index is 0. The van der Waals surface area contributed by atoms with Crippen LogP contribution in [0.5, 0.6) is 0 Å². The number of hydrogen-bond acceptors (Lipinski definition) is 6. The number of piperazine rings is 1. The maximum atomic E-state index is 13.6. The summed E-state index contributed by atoms with van der Waals surface area (Å²) in [5.41, 5.74) is 2.51. The summed E-state index contributed by atoms with van der Waals surface area (Å²) in [7, 11) is 0. The number of thioether (sulfide) groups is 1. The van der Waals surface area contributed by atoms with Crippen molar-refractivity contribution in [2.45, 2.75) is 57.4 Å². The molecule has 4 aliphatic rings. The first kappa shape index (κ1) is 32.3. The maximum Gasteiger partial charge on any atom is 0.266 e. The average molecular weight is 659 g/mol. The SMILES string of the molecule is Cl.Cl.O=C1/C(=C\c2sc(-c3ccc(Cl)cc3)cc2CCCCCN2CCNCC2)SC(=S)N1C1CC2CCC1C2. The molecule has 0 radical (unpaired) electrons. The van der Waals surface area contributed by atoms with Crippen LogP contribution in [0, 0.1) is 11.8 Å². The van der Waals surface area contributed by atoms with Crippen molar-refractivity contribution in [1.29, 1.82) is 0 Å². The van der Waals surface area contributed by atoms with E-state index in [0.29, 0.717) is 12.0 Å². The van der Waals surface area contributed by atoms with E-state index in [1.165, 1.54) is 84.4 Å². The molecule has 3 heterocycles. The fraction of sp³-hybridized carbons (Fsp3) is 0.533. The highest BCUT2D eigenvalue weighted by Gasteiger charge is 2.48. The minimum Gasteiger partial charge on any atom is -0.314 e. The van der Waals surface area contributed by atoms with Gasteiger partial charge in [0, 0.05) is 47.0 Å². The van der Waals surface area contributed by atoms with Gasteiger partial charge >= 0.3 is 0 Å². The summed E-state index contributed by atoms with van der Waals surface area (Å²) in [6.45, 7) is 5.75. The molecule has 4 fully saturated rings. The molecule has 3 atom stereocenters. The van der Waals surface area contributed by atoms with Crippen LogP contribution in [0.15, 0.2) is 35.2 Å². The number of carbonyl (C=O) groups is 1. The van der Waals surface area contributed by atoms with E-state index in [4.69, 9.17) is 23.8 Å². The number of thiocarbonyl (C=S) groups is 1. The summed E-state index contributed by atoms with van der Waals surface area (Å²) in [6, 6.07) is 10.7. The summed E-state index contributed by atoms with van der Waals surface area (Å²) in [6.07, 6.45) is 11.8. The Morgan fingerprint density at radius 2 is 1.82 bits per heavy atom. The molecule has 1 aromatic carbocycles. The van der Waals surface area contributed by atoms with E-state index in [1.807, 2.05) is 17.0 Å². The topological polar surface area (TPSA) is 35.6 Å². The predicted molar refractivity (Wildman–Crippen MR) is 180 cm³/mol. The van der Waals surface area contributed by atoms with Crippen molar-refractivity contribution in [3.63, 3.8) is 0 Å². The van der Waals surface area contributed by atoms with Crippen LogP contribution in [0.1, 0.15) is 55.4 Å². The van der Waals surface area contributed by atoms with Gasteiger partial charge in [0.1, 0.15) is 4.32 Å². The normalized spacial score (nSPS) is 25.5. The van der Waals surface area contributed by atoms with Gasteiger partial charge in [0.15, 0.2) is 0 Å². The van der Waals surface area contributed by atoms with Crippen LogP contribution < -0.4 is 5.32 Å². The molecule has 1 N–H and O–H groups in total. The Balaban J connectivity index is 0.00000185. The third kappa shape index (κ3) is 7.28. The maximum absolute atomic E-state index is 13.6. The lowest BCUT2D eigenvalue weighted by atomic mass is 9.94. The van der Waals surface area contributed by atoms with Gasteiger partial charge < -0.3 is 10.2 Å². The Kier molecular flexibility index (Phi) is 11.9. The van der Waals surface area contributed by atoms with Gasteiger partial charge in [-0.05, 0) is 92.3 Å². The molecule has 2 aliphatic carbocycles. The lowest BCUT2D eigenvalue weighted by molar-refractivity contribution is -0.124. The first-order chi connectivity index (χ1) is 18.5. The molecule has 2 saturated carbocycles. The van der Waals surface area contributed by atoms with Crippen LogP contribution in [0.3, 0.4) is 0 Å². The summed E-state index contributed by atoms with van der Waals surface area (Å²) in [4.78, 5) is 21.4. The van der Waals surface area contributed by atoms with Gasteiger partial charge in [0.25, 0.3) is 5.91 Å². The van der Waals surface area contributed by atoms with E-state index in [-0.39, 0.29) is 30.7 Å². The van der Waals surface area contributed by atoms with Crippen molar-refractivity contribution in [2.24, 2.45) is 11.8 Å². The van der Waals surface area contributed by atoms with Crippen molar-refractivity contribution in [1.82, 2.24) is 15.1 Å². The molecule has 4 nitrogen and oxygen atoms in total. The van der Waals surface area contributed by atoms with Crippen molar-refractivity contribution >= 4 is 88.0 Å². The van der Waals surface area contributed by atoms with Crippen molar-refractivity contribution in [3.05, 3.63) is 50.7 Å². The number of benzene rings is 1. The number of rotatable bonds is 9. The number of hydrogen-bond donors (Lipinski definition) is 1. The lowest BCUT2D eigenvalue weighted by Crippen LogP contribution is -2.43. The number of unbranched alkanes of at least 4 members (excludes halogenated alkanes) is 2. The second-order valence-electron chi connectivity index (χ2n) is 11.2. The Morgan fingerprint density at radius 3 is 2.52 bits per heavy atom. The zero-order valence-electron chi connectivity index (χ0n) is 22.6. The van der Waals surface area contributed by atoms with Gasteiger partial charge in [-0.25, -0.2) is 0 Å². The zero-order valence-corrected chi connectivity index (χ0v) is 27.4. The summed E-state index contributed by atoms with van der Waals surface area (Å²) in [5, 5.41) is 4.18. The molecule has 2 aliphatic heterocycles. The monoisotopic (exact) mass is 657 g/mol. The van der Waals surface area contributed by atoms with E-state index in [9.17, 15) is 4.79 Å². The zero-order chi connectivity index (χ0) is 26.1. The standard InChI is InChI=1S/C30H36ClN3OS3.2ClH/c31-24-9-7-21(8-10-24)26-18-23(4-2-1-3-13-33-14-11-32-12-15-33)27(37-26)19-28-29(35)34(30(36)38-28)25-17-20-5-6-22(25)16-20;;/h7-10,18-20,22,25,32H,1-6,11-17H2;2*1H/b28-19+;;. The molecule has 2 saturated heterocycles. The third-order valence-electron chi connectivity index (χ3n) is 8.72. The molecule has 3 unspecified atom stereocenters. The van der Waals surface area contributed by atoms with E-state index < -0.39 is 0 Å². The van der Waals surface area contributed by atoms with Crippen LogP contribution in [0.2, 0.25) is 5.02 Å². The third-order valence-corrected chi connectivity index (χ3v) is 11.5. The van der Waals surface area contributed by atoms with Gasteiger partial charge in [-0.1, -0.05) is 60.6 Å². The van der Waals surface area contributed by atoms with Gasteiger partial charge in [-0.2, -0.15) is 0 Å². The van der Waals surface area contributed by atoms with E-state index >= 15 is 0 Å². The van der Waals surface area contributed by atoms with Crippen LogP contribution in [0.4, 0.5) is 0 Å². The fourth-order valence-corrected chi connectivity index (χ4v) is 9.41. The molecule has 1 amide bonds. The highest BCUT2D eigenvalue weighted by molar-refractivity contribution is 8.26. The second kappa shape index (κ2) is 14.7. The first-order valence-electron chi connectivity index (χ1n) is 14.1. The second-order valence-corrected chi connectivity index (χ2v) is 14.4. The summed E-state index contributed by atoms with van der Waals surface area (Å²) in [5.74, 6) is 1.55. The smallest absolute Gasteiger partial charge is 0.266 e. The number of aryl methyl sites for hydroxylation is 1. The Hall–Kier alpha value is -0.640. The number of nitrogens with zero attached hydrogens (tertiary/aromatic N) is 2. The molecule has 2 aromatic rings. The molecular weight excluding hydrogens is 621 g/mol. The first-order valence-corrected chi connectivity index (χ1v) is 16.6. The van der Waals surface area contributed by atoms with Gasteiger partial charge in [-0.15, -0.1) is 36.2 Å². The van der Waals surface area contributed by atoms with Crippen molar-refractivity contribution < 1.29 is 4.79 Å². The van der Waals surface area contributed by atoms with Gasteiger partial charge in [0.2, 0.25) is 0 Å². The number of nitrogens with one attached hydrogen (secondary N) is 1. The Bertz CT molecular complexity index is 1210. The summed E-state index contributed by atoms with van der Waals surface area (Å²) >= 11 is 15.2. The molecule has 0 spiro atoms. The number of carbonyl (C=O) groups excluding carboxylic acids is 1. The van der Waals surface area contributed by atoms with Crippen molar-refractivity contribution in [2.75, 3.05) is 32.7 Å². The Morgan fingerprint density at radius 1 is 1.05 bits per heavy atom. The number of amides is 1. The average Bonchev–Trinajstić information content (AvgIpc) is 3.70. The molecular formula is C30H38Cl3N3OS3. The van der Waals surface area contributed by atoms with Crippen LogP contribution in [-0.4, -0.2) is 58.8 Å². The van der Waals surface area contributed by atoms with Crippen LogP contribution in [0.25, 0.3) is 16.5 Å². The largest absolute Gasteiger partial charge is 0.314 e. The van der Waals surface area contributed by atoms with Crippen LogP contribution >= 0.6 is 71.7 Å². The van der Waals surface area contributed by atoms with Gasteiger partial charge in [0.05, 0.1) is 4.91 Å². The number of halogens is 3. The molecule has 2 bridgehead atoms. The fourth-order valence-electron chi connectivity index (χ4n) is 6.69. The number of thiophene rings is 1. The summed E-state index contributed by atoms with van der Waals surface area (Å²) < 4.78 is 0.753. The Labute approximate surface area is 269 Å². The molecule has 10 heteroatoms. The lowest BCUT2D eigenvalue weighted by Gasteiger charge is -2.30. The highest BCUT2D eigenvalue weighted by atomic mass is 35.5. The van der Waals surface area contributed by atoms with E-state index in [2.05, 4.69) is 34.5 Å². The molecule has 40 heavy (non-hydrogen) atoms. The number of fused-ring (bicyclic) bond motifs is 2.